The number of nitrogens with one attached hydrogen (secondary N) is 1. The number of rotatable bonds is 2. The Morgan fingerprint density at radius 2 is 2.04 bits per heavy atom. The Morgan fingerprint density at radius 1 is 1.30 bits per heavy atom. The quantitative estimate of drug-likeness (QED) is 0.896. The molecule has 1 unspecified atom stereocenters. The molecule has 2 heterocycles. The fraction of sp³-hybridized carbons (Fsp3) is 0.500. The van der Waals surface area contributed by atoms with Crippen LogP contribution in [0.25, 0.3) is 0 Å². The van der Waals surface area contributed by atoms with Crippen LogP contribution in [0.5, 0.6) is 0 Å². The maximum Gasteiger partial charge on any atom is 0.419 e. The minimum Gasteiger partial charge on any atom is -0.439 e. The van der Waals surface area contributed by atoms with Gasteiger partial charge in [-0.2, -0.15) is 0 Å². The monoisotopic (exact) mass is 338 g/mol. The Balaban J connectivity index is 1.69. The lowest BCUT2D eigenvalue weighted by Crippen LogP contribution is -2.49. The van der Waals surface area contributed by atoms with E-state index in [4.69, 9.17) is 21.1 Å². The number of carbonyl (C=O) groups is 2. The van der Waals surface area contributed by atoms with E-state index in [1.807, 2.05) is 0 Å². The summed E-state index contributed by atoms with van der Waals surface area (Å²) >= 11 is 5.87. The zero-order valence-electron chi connectivity index (χ0n) is 12.8. The van der Waals surface area contributed by atoms with Crippen molar-refractivity contribution in [3.05, 3.63) is 34.9 Å². The Labute approximate surface area is 139 Å². The number of carbonyl (C=O) groups excluding carboxylic acids is 2. The Hall–Kier alpha value is -1.79. The van der Waals surface area contributed by atoms with E-state index in [0.717, 1.165) is 29.7 Å². The van der Waals surface area contributed by atoms with Gasteiger partial charge in [0.15, 0.2) is 0 Å². The van der Waals surface area contributed by atoms with Crippen molar-refractivity contribution in [2.75, 3.05) is 6.61 Å². The second kappa shape index (κ2) is 6.76. The number of amides is 3. The summed E-state index contributed by atoms with van der Waals surface area (Å²) in [6.07, 6.45) is 1.25. The number of ether oxygens (including phenoxy) is 2. The number of hydrogen-bond acceptors (Lipinski definition) is 4. The first-order chi connectivity index (χ1) is 11.1. The van der Waals surface area contributed by atoms with Crippen molar-refractivity contribution in [2.24, 2.45) is 0 Å². The number of cyclic esters (lactones) is 1. The molecule has 0 saturated carbocycles. The molecule has 1 aromatic rings. The molecule has 1 aromatic carbocycles. The zero-order chi connectivity index (χ0) is 16.4. The maximum atomic E-state index is 12.4. The van der Waals surface area contributed by atoms with Crippen molar-refractivity contribution in [1.82, 2.24) is 10.2 Å². The van der Waals surface area contributed by atoms with E-state index in [0.29, 0.717) is 11.6 Å². The Bertz CT molecular complexity index is 586. The van der Waals surface area contributed by atoms with Crippen molar-refractivity contribution in [3.8, 4) is 0 Å². The normalized spacial score (nSPS) is 27.7. The van der Waals surface area contributed by atoms with Crippen LogP contribution in [-0.4, -0.2) is 35.9 Å². The van der Waals surface area contributed by atoms with Crippen LogP contribution in [-0.2, 0) is 9.47 Å². The Morgan fingerprint density at radius 3 is 2.70 bits per heavy atom. The SMILES string of the molecule is C[C@@H]1[C@@H](c2ccc(Cl)cc2)OC(=O)N1C(=O)NC1CCCCO1. The van der Waals surface area contributed by atoms with Crippen LogP contribution in [0.2, 0.25) is 5.02 Å². The van der Waals surface area contributed by atoms with Gasteiger partial charge >= 0.3 is 12.1 Å². The smallest absolute Gasteiger partial charge is 0.419 e. The van der Waals surface area contributed by atoms with E-state index in [-0.39, 0.29) is 6.23 Å². The molecule has 6 nitrogen and oxygen atoms in total. The molecule has 2 aliphatic rings. The van der Waals surface area contributed by atoms with Crippen LogP contribution in [0.15, 0.2) is 24.3 Å². The van der Waals surface area contributed by atoms with Crippen LogP contribution in [0.4, 0.5) is 9.59 Å². The molecule has 0 spiro atoms. The maximum absolute atomic E-state index is 12.4. The van der Waals surface area contributed by atoms with Gasteiger partial charge in [-0.05, 0) is 43.9 Å². The summed E-state index contributed by atoms with van der Waals surface area (Å²) in [6, 6.07) is 6.16. The highest BCUT2D eigenvalue weighted by Crippen LogP contribution is 2.33. The predicted molar refractivity (Wildman–Crippen MR) is 84.1 cm³/mol. The topological polar surface area (TPSA) is 67.9 Å². The van der Waals surface area contributed by atoms with Crippen molar-refractivity contribution in [2.45, 2.75) is 44.6 Å². The molecule has 0 aromatic heterocycles. The standard InChI is InChI=1S/C16H19ClN2O4/c1-10-14(11-5-7-12(17)8-6-11)23-16(21)19(10)15(20)18-13-4-2-3-9-22-13/h5-8,10,13-14H,2-4,9H2,1H3,(H,18,20)/t10-,13?,14+/m1/s1. The van der Waals surface area contributed by atoms with Crippen molar-refractivity contribution in [1.29, 1.82) is 0 Å². The van der Waals surface area contributed by atoms with E-state index in [1.54, 1.807) is 31.2 Å². The van der Waals surface area contributed by atoms with E-state index in [2.05, 4.69) is 5.32 Å². The van der Waals surface area contributed by atoms with Gasteiger partial charge in [0.05, 0.1) is 6.04 Å². The summed E-state index contributed by atoms with van der Waals surface area (Å²) < 4.78 is 10.8. The van der Waals surface area contributed by atoms with E-state index in [9.17, 15) is 9.59 Å². The Kier molecular flexibility index (Phi) is 4.73. The molecule has 2 fully saturated rings. The van der Waals surface area contributed by atoms with Gasteiger partial charge in [-0.1, -0.05) is 23.7 Å². The first kappa shape index (κ1) is 16.1. The molecule has 7 heteroatoms. The molecule has 0 aliphatic carbocycles. The lowest BCUT2D eigenvalue weighted by molar-refractivity contribution is -0.0000136. The lowest BCUT2D eigenvalue weighted by Gasteiger charge is -2.26. The molecule has 124 valence electrons. The van der Waals surface area contributed by atoms with Gasteiger partial charge in [0.25, 0.3) is 0 Å². The van der Waals surface area contributed by atoms with E-state index < -0.39 is 24.3 Å². The first-order valence-electron chi connectivity index (χ1n) is 7.73. The molecule has 2 aliphatic heterocycles. The third-order valence-electron chi connectivity index (χ3n) is 4.15. The molecule has 3 rings (SSSR count). The molecular formula is C16H19ClN2O4. The van der Waals surface area contributed by atoms with Crippen LogP contribution in [0, 0.1) is 0 Å². The van der Waals surface area contributed by atoms with Gasteiger partial charge in [0.1, 0.15) is 12.3 Å². The molecule has 23 heavy (non-hydrogen) atoms. The molecule has 3 atom stereocenters. The lowest BCUT2D eigenvalue weighted by atomic mass is 10.0. The minimum atomic E-state index is -0.647. The molecule has 1 N–H and O–H groups in total. The molecule has 3 amide bonds. The largest absolute Gasteiger partial charge is 0.439 e. The highest BCUT2D eigenvalue weighted by molar-refractivity contribution is 6.30. The fourth-order valence-electron chi connectivity index (χ4n) is 2.89. The highest BCUT2D eigenvalue weighted by Gasteiger charge is 2.44. The minimum absolute atomic E-state index is 0.342. The number of nitrogens with zero attached hydrogens (tertiary/aromatic N) is 1. The number of halogens is 1. The van der Waals surface area contributed by atoms with Crippen molar-refractivity contribution >= 4 is 23.7 Å². The fourth-order valence-corrected chi connectivity index (χ4v) is 3.02. The van der Waals surface area contributed by atoms with Gasteiger partial charge in [0, 0.05) is 11.6 Å². The number of imide groups is 1. The zero-order valence-corrected chi connectivity index (χ0v) is 13.6. The van der Waals surface area contributed by atoms with Crippen molar-refractivity contribution in [3.63, 3.8) is 0 Å². The average molecular weight is 339 g/mol. The second-order valence-corrected chi connectivity index (χ2v) is 6.21. The van der Waals surface area contributed by atoms with Crippen molar-refractivity contribution < 1.29 is 19.1 Å². The summed E-state index contributed by atoms with van der Waals surface area (Å²) in [5, 5.41) is 3.35. The summed E-state index contributed by atoms with van der Waals surface area (Å²) in [6.45, 7) is 2.41. The second-order valence-electron chi connectivity index (χ2n) is 5.77. The van der Waals surface area contributed by atoms with Gasteiger partial charge < -0.3 is 14.8 Å². The van der Waals surface area contributed by atoms with Crippen LogP contribution >= 0.6 is 11.6 Å². The number of benzene rings is 1. The van der Waals surface area contributed by atoms with Gasteiger partial charge in [-0.15, -0.1) is 0 Å². The molecule has 0 bridgehead atoms. The third-order valence-corrected chi connectivity index (χ3v) is 4.40. The highest BCUT2D eigenvalue weighted by atomic mass is 35.5. The number of hydrogen-bond donors (Lipinski definition) is 1. The summed E-state index contributed by atoms with van der Waals surface area (Å²) in [5.74, 6) is 0. The first-order valence-corrected chi connectivity index (χ1v) is 8.11. The summed E-state index contributed by atoms with van der Waals surface area (Å²) in [7, 11) is 0. The van der Waals surface area contributed by atoms with Gasteiger partial charge in [0.2, 0.25) is 0 Å². The summed E-state index contributed by atoms with van der Waals surface area (Å²) in [4.78, 5) is 25.6. The van der Waals surface area contributed by atoms with Crippen LogP contribution in [0.1, 0.15) is 37.9 Å². The van der Waals surface area contributed by atoms with E-state index >= 15 is 0 Å². The predicted octanol–water partition coefficient (Wildman–Crippen LogP) is 3.46. The van der Waals surface area contributed by atoms with Gasteiger partial charge in [-0.3, -0.25) is 0 Å². The number of urea groups is 1. The summed E-state index contributed by atoms with van der Waals surface area (Å²) in [5.41, 5.74) is 0.805. The average Bonchev–Trinajstić information content (AvgIpc) is 2.84. The van der Waals surface area contributed by atoms with Gasteiger partial charge in [-0.25, -0.2) is 14.5 Å². The van der Waals surface area contributed by atoms with E-state index in [1.165, 1.54) is 0 Å². The molecule has 0 radical (unpaired) electrons. The third kappa shape index (κ3) is 3.43. The van der Waals surface area contributed by atoms with Crippen LogP contribution in [0.3, 0.4) is 0 Å². The van der Waals surface area contributed by atoms with Crippen LogP contribution < -0.4 is 5.32 Å². The molecular weight excluding hydrogens is 320 g/mol. The molecule has 2 saturated heterocycles.